The average molecular weight is 276 g/mol. The van der Waals surface area contributed by atoms with Crippen LogP contribution in [0.4, 0.5) is 0 Å². The lowest BCUT2D eigenvalue weighted by molar-refractivity contribution is 0.0952. The molecular weight excluding hydrogens is 262 g/mol. The standard InChI is InChI=1S/C14H14ClN3O/c1-10-13(8-16-9-18-10)14(19)17-6-5-11-3-2-4-12(15)7-11/h2-4,7-9H,5-6H2,1H3,(H,17,19). The second kappa shape index (κ2) is 6.29. The fourth-order valence-electron chi connectivity index (χ4n) is 1.72. The molecule has 1 N–H and O–H groups in total. The molecule has 0 aliphatic carbocycles. The van der Waals surface area contributed by atoms with Crippen LogP contribution < -0.4 is 5.32 Å². The number of rotatable bonds is 4. The smallest absolute Gasteiger partial charge is 0.254 e. The molecule has 0 radical (unpaired) electrons. The molecule has 1 heterocycles. The molecule has 0 fully saturated rings. The van der Waals surface area contributed by atoms with E-state index in [4.69, 9.17) is 11.6 Å². The number of aryl methyl sites for hydroxylation is 1. The van der Waals surface area contributed by atoms with Gasteiger partial charge in [0, 0.05) is 17.8 Å². The highest BCUT2D eigenvalue weighted by Gasteiger charge is 2.08. The molecule has 98 valence electrons. The number of carbonyl (C=O) groups excluding carboxylic acids is 1. The summed E-state index contributed by atoms with van der Waals surface area (Å²) < 4.78 is 0. The van der Waals surface area contributed by atoms with Crippen LogP contribution in [0.2, 0.25) is 5.02 Å². The van der Waals surface area contributed by atoms with Gasteiger partial charge in [-0.25, -0.2) is 9.97 Å². The maximum absolute atomic E-state index is 11.9. The molecule has 2 rings (SSSR count). The lowest BCUT2D eigenvalue weighted by atomic mass is 10.1. The summed E-state index contributed by atoms with van der Waals surface area (Å²) in [6.45, 7) is 2.33. The first-order chi connectivity index (χ1) is 9.16. The number of halogens is 1. The molecule has 0 atom stereocenters. The second-order valence-corrected chi connectivity index (χ2v) is 4.59. The third-order valence-corrected chi connectivity index (χ3v) is 2.98. The third-order valence-electron chi connectivity index (χ3n) is 2.74. The summed E-state index contributed by atoms with van der Waals surface area (Å²) in [5.74, 6) is -0.153. The number of nitrogens with zero attached hydrogens (tertiary/aromatic N) is 2. The molecule has 0 saturated heterocycles. The Morgan fingerprint density at radius 3 is 3.00 bits per heavy atom. The zero-order valence-electron chi connectivity index (χ0n) is 10.6. The Hall–Kier alpha value is -1.94. The molecule has 0 unspecified atom stereocenters. The number of aromatic nitrogens is 2. The van der Waals surface area contributed by atoms with Gasteiger partial charge in [-0.3, -0.25) is 4.79 Å². The Morgan fingerprint density at radius 2 is 2.26 bits per heavy atom. The summed E-state index contributed by atoms with van der Waals surface area (Å²) in [4.78, 5) is 19.7. The highest BCUT2D eigenvalue weighted by atomic mass is 35.5. The van der Waals surface area contributed by atoms with E-state index in [-0.39, 0.29) is 5.91 Å². The van der Waals surface area contributed by atoms with Gasteiger partial charge >= 0.3 is 0 Å². The molecule has 0 saturated carbocycles. The topological polar surface area (TPSA) is 54.9 Å². The molecule has 4 nitrogen and oxygen atoms in total. The number of carbonyl (C=O) groups is 1. The van der Waals surface area contributed by atoms with Gasteiger partial charge in [-0.15, -0.1) is 0 Å². The van der Waals surface area contributed by atoms with Crippen LogP contribution in [0.25, 0.3) is 0 Å². The van der Waals surface area contributed by atoms with E-state index in [0.717, 1.165) is 12.0 Å². The first-order valence-corrected chi connectivity index (χ1v) is 6.34. The number of amides is 1. The molecular formula is C14H14ClN3O. The van der Waals surface area contributed by atoms with Gasteiger partial charge in [0.25, 0.3) is 5.91 Å². The van der Waals surface area contributed by atoms with Gasteiger partial charge < -0.3 is 5.32 Å². The van der Waals surface area contributed by atoms with Crippen LogP contribution in [0, 0.1) is 6.92 Å². The van der Waals surface area contributed by atoms with Crippen LogP contribution in [0.5, 0.6) is 0 Å². The third kappa shape index (κ3) is 3.76. The van der Waals surface area contributed by atoms with Crippen LogP contribution in [0.1, 0.15) is 21.6 Å². The molecule has 5 heteroatoms. The molecule has 0 aliphatic heterocycles. The number of hydrogen-bond acceptors (Lipinski definition) is 3. The summed E-state index contributed by atoms with van der Waals surface area (Å²) in [6, 6.07) is 7.60. The van der Waals surface area contributed by atoms with E-state index in [0.29, 0.717) is 22.8 Å². The molecule has 2 aromatic rings. The quantitative estimate of drug-likeness (QED) is 0.932. The molecule has 0 aliphatic rings. The maximum atomic E-state index is 11.9. The Morgan fingerprint density at radius 1 is 1.42 bits per heavy atom. The molecule has 1 amide bonds. The average Bonchev–Trinajstić information content (AvgIpc) is 2.39. The van der Waals surface area contributed by atoms with Gasteiger partial charge in [-0.05, 0) is 31.0 Å². The predicted octanol–water partition coefficient (Wildman–Crippen LogP) is 2.41. The Labute approximate surface area is 116 Å². The molecule has 19 heavy (non-hydrogen) atoms. The molecule has 1 aromatic heterocycles. The highest BCUT2D eigenvalue weighted by Crippen LogP contribution is 2.10. The van der Waals surface area contributed by atoms with Gasteiger partial charge in [0.05, 0.1) is 11.3 Å². The van der Waals surface area contributed by atoms with E-state index < -0.39 is 0 Å². The minimum Gasteiger partial charge on any atom is -0.352 e. The van der Waals surface area contributed by atoms with Crippen LogP contribution in [0.15, 0.2) is 36.8 Å². The zero-order valence-corrected chi connectivity index (χ0v) is 11.3. The number of nitrogens with one attached hydrogen (secondary N) is 1. The molecule has 0 spiro atoms. The van der Waals surface area contributed by atoms with E-state index in [9.17, 15) is 4.79 Å². The summed E-state index contributed by atoms with van der Waals surface area (Å²) >= 11 is 5.90. The van der Waals surface area contributed by atoms with Crippen molar-refractivity contribution in [1.29, 1.82) is 0 Å². The summed E-state index contributed by atoms with van der Waals surface area (Å²) in [6.07, 6.45) is 3.69. The number of hydrogen-bond donors (Lipinski definition) is 1. The predicted molar refractivity (Wildman–Crippen MR) is 74.3 cm³/mol. The Kier molecular flexibility index (Phi) is 4.47. The normalized spacial score (nSPS) is 10.2. The first kappa shape index (κ1) is 13.5. The van der Waals surface area contributed by atoms with E-state index >= 15 is 0 Å². The van der Waals surface area contributed by atoms with Crippen molar-refractivity contribution in [3.8, 4) is 0 Å². The second-order valence-electron chi connectivity index (χ2n) is 4.16. The van der Waals surface area contributed by atoms with Crippen molar-refractivity contribution in [1.82, 2.24) is 15.3 Å². The van der Waals surface area contributed by atoms with E-state index in [2.05, 4.69) is 15.3 Å². The van der Waals surface area contributed by atoms with Crippen molar-refractivity contribution in [2.45, 2.75) is 13.3 Å². The maximum Gasteiger partial charge on any atom is 0.254 e. The van der Waals surface area contributed by atoms with Gasteiger partial charge in [0.2, 0.25) is 0 Å². The lowest BCUT2D eigenvalue weighted by Gasteiger charge is -2.06. The Bertz CT molecular complexity index is 586. The van der Waals surface area contributed by atoms with Crippen molar-refractivity contribution in [3.05, 3.63) is 58.6 Å². The highest BCUT2D eigenvalue weighted by molar-refractivity contribution is 6.30. The fourth-order valence-corrected chi connectivity index (χ4v) is 1.93. The lowest BCUT2D eigenvalue weighted by Crippen LogP contribution is -2.26. The van der Waals surface area contributed by atoms with Crippen LogP contribution >= 0.6 is 11.6 Å². The van der Waals surface area contributed by atoms with Crippen molar-refractivity contribution in [2.24, 2.45) is 0 Å². The van der Waals surface area contributed by atoms with E-state index in [1.165, 1.54) is 12.5 Å². The van der Waals surface area contributed by atoms with E-state index in [1.807, 2.05) is 24.3 Å². The molecule has 0 bridgehead atoms. The van der Waals surface area contributed by atoms with Gasteiger partial charge in [0.1, 0.15) is 6.33 Å². The van der Waals surface area contributed by atoms with Crippen molar-refractivity contribution < 1.29 is 4.79 Å². The van der Waals surface area contributed by atoms with Gasteiger partial charge in [-0.1, -0.05) is 23.7 Å². The monoisotopic (exact) mass is 275 g/mol. The Balaban J connectivity index is 1.90. The minimum atomic E-state index is -0.153. The van der Waals surface area contributed by atoms with Crippen molar-refractivity contribution in [2.75, 3.05) is 6.54 Å². The largest absolute Gasteiger partial charge is 0.352 e. The van der Waals surface area contributed by atoms with Crippen LogP contribution in [-0.4, -0.2) is 22.4 Å². The summed E-state index contributed by atoms with van der Waals surface area (Å²) in [5, 5.41) is 3.55. The number of benzene rings is 1. The zero-order chi connectivity index (χ0) is 13.7. The minimum absolute atomic E-state index is 0.153. The molecule has 1 aromatic carbocycles. The van der Waals surface area contributed by atoms with Gasteiger partial charge in [-0.2, -0.15) is 0 Å². The fraction of sp³-hybridized carbons (Fsp3) is 0.214. The van der Waals surface area contributed by atoms with Crippen molar-refractivity contribution >= 4 is 17.5 Å². The first-order valence-electron chi connectivity index (χ1n) is 5.96. The summed E-state index contributed by atoms with van der Waals surface area (Å²) in [7, 11) is 0. The van der Waals surface area contributed by atoms with E-state index in [1.54, 1.807) is 6.92 Å². The van der Waals surface area contributed by atoms with Crippen LogP contribution in [0.3, 0.4) is 0 Å². The van der Waals surface area contributed by atoms with Crippen molar-refractivity contribution in [3.63, 3.8) is 0 Å². The SMILES string of the molecule is Cc1ncncc1C(=O)NCCc1cccc(Cl)c1. The van der Waals surface area contributed by atoms with Crippen LogP contribution in [-0.2, 0) is 6.42 Å². The summed E-state index contributed by atoms with van der Waals surface area (Å²) in [5.41, 5.74) is 2.28. The van der Waals surface area contributed by atoms with Gasteiger partial charge in [0.15, 0.2) is 0 Å².